The maximum atomic E-state index is 12.4. The van der Waals surface area contributed by atoms with Crippen molar-refractivity contribution in [1.29, 1.82) is 0 Å². The van der Waals surface area contributed by atoms with Crippen molar-refractivity contribution in [1.82, 2.24) is 5.32 Å². The second kappa shape index (κ2) is 9.88. The molecule has 1 N–H and O–H groups in total. The quantitative estimate of drug-likeness (QED) is 0.535. The van der Waals surface area contributed by atoms with Gasteiger partial charge in [0.1, 0.15) is 0 Å². The Morgan fingerprint density at radius 3 is 2.48 bits per heavy atom. The molecule has 3 aromatic rings. The van der Waals surface area contributed by atoms with Crippen molar-refractivity contribution < 1.29 is 32.6 Å². The Morgan fingerprint density at radius 1 is 1.00 bits per heavy atom. The fourth-order valence-electron chi connectivity index (χ4n) is 3.19. The van der Waals surface area contributed by atoms with Gasteiger partial charge in [-0.2, -0.15) is 8.78 Å². The van der Waals surface area contributed by atoms with Crippen LogP contribution >= 0.6 is 0 Å². The molecule has 1 atom stereocenters. The minimum Gasteiger partial charge on any atom is -0.493 e. The van der Waals surface area contributed by atoms with Gasteiger partial charge in [0.25, 0.3) is 5.91 Å². The lowest BCUT2D eigenvalue weighted by Crippen LogP contribution is -2.31. The lowest BCUT2D eigenvalue weighted by Gasteiger charge is -2.17. The second-order valence-corrected chi connectivity index (χ2v) is 6.68. The first-order valence-corrected chi connectivity index (χ1v) is 9.46. The molecule has 6 nitrogen and oxygen atoms in total. The van der Waals surface area contributed by atoms with Gasteiger partial charge in [-0.05, 0) is 41.5 Å². The van der Waals surface area contributed by atoms with E-state index in [0.29, 0.717) is 0 Å². The minimum absolute atomic E-state index is 0.0355. The Kier molecular flexibility index (Phi) is 7.02. The van der Waals surface area contributed by atoms with Crippen LogP contribution in [0.5, 0.6) is 11.5 Å². The maximum Gasteiger partial charge on any atom is 0.387 e. The predicted molar refractivity (Wildman–Crippen MR) is 110 cm³/mol. The number of fused-ring (bicyclic) bond motifs is 1. The molecule has 8 heteroatoms. The SMILES string of the molecule is COc1cc(C(=O)OCC(=O)N[C@@H](C)c2cccc3ccccc23)ccc1OC(F)F. The van der Waals surface area contributed by atoms with Crippen molar-refractivity contribution in [2.75, 3.05) is 13.7 Å². The van der Waals surface area contributed by atoms with Crippen molar-refractivity contribution >= 4 is 22.6 Å². The highest BCUT2D eigenvalue weighted by Gasteiger charge is 2.17. The molecule has 3 aromatic carbocycles. The monoisotopic (exact) mass is 429 g/mol. The fourth-order valence-corrected chi connectivity index (χ4v) is 3.19. The normalized spacial score (nSPS) is 11.8. The number of rotatable bonds is 8. The molecule has 0 aliphatic rings. The van der Waals surface area contributed by atoms with Gasteiger partial charge in [-0.1, -0.05) is 42.5 Å². The third-order valence-electron chi connectivity index (χ3n) is 4.62. The van der Waals surface area contributed by atoms with Gasteiger partial charge in [0.2, 0.25) is 0 Å². The Balaban J connectivity index is 1.61. The molecule has 31 heavy (non-hydrogen) atoms. The van der Waals surface area contributed by atoms with Crippen LogP contribution in [0.2, 0.25) is 0 Å². The first-order valence-electron chi connectivity index (χ1n) is 9.46. The van der Waals surface area contributed by atoms with Crippen LogP contribution in [0, 0.1) is 0 Å². The molecule has 0 heterocycles. The number of alkyl halides is 2. The Hall–Kier alpha value is -3.68. The highest BCUT2D eigenvalue weighted by Crippen LogP contribution is 2.29. The number of carbonyl (C=O) groups is 2. The molecule has 0 spiro atoms. The van der Waals surface area contributed by atoms with E-state index in [1.165, 1.54) is 25.3 Å². The summed E-state index contributed by atoms with van der Waals surface area (Å²) in [5, 5.41) is 4.88. The van der Waals surface area contributed by atoms with E-state index in [2.05, 4.69) is 10.1 Å². The van der Waals surface area contributed by atoms with Crippen LogP contribution in [0.25, 0.3) is 10.8 Å². The summed E-state index contributed by atoms with van der Waals surface area (Å²) < 4.78 is 39.1. The Bertz CT molecular complexity index is 1080. The van der Waals surface area contributed by atoms with E-state index < -0.39 is 25.1 Å². The molecule has 0 aliphatic heterocycles. The highest BCUT2D eigenvalue weighted by atomic mass is 19.3. The van der Waals surface area contributed by atoms with E-state index in [4.69, 9.17) is 9.47 Å². The summed E-state index contributed by atoms with van der Waals surface area (Å²) >= 11 is 0. The second-order valence-electron chi connectivity index (χ2n) is 6.68. The van der Waals surface area contributed by atoms with E-state index in [1.807, 2.05) is 49.4 Å². The van der Waals surface area contributed by atoms with Crippen LogP contribution in [-0.4, -0.2) is 32.2 Å². The molecule has 0 aromatic heterocycles. The van der Waals surface area contributed by atoms with Crippen molar-refractivity contribution in [3.63, 3.8) is 0 Å². The topological polar surface area (TPSA) is 73.9 Å². The first-order chi connectivity index (χ1) is 14.9. The average Bonchev–Trinajstić information content (AvgIpc) is 2.76. The number of ether oxygens (including phenoxy) is 3. The van der Waals surface area contributed by atoms with E-state index in [0.717, 1.165) is 16.3 Å². The number of esters is 1. The summed E-state index contributed by atoms with van der Waals surface area (Å²) in [6, 6.07) is 17.0. The van der Waals surface area contributed by atoms with Crippen molar-refractivity contribution in [2.45, 2.75) is 19.6 Å². The molecule has 162 valence electrons. The molecule has 0 saturated heterocycles. The molecule has 3 rings (SSSR count). The lowest BCUT2D eigenvalue weighted by molar-refractivity contribution is -0.124. The summed E-state index contributed by atoms with van der Waals surface area (Å²) in [4.78, 5) is 24.5. The maximum absolute atomic E-state index is 12.4. The lowest BCUT2D eigenvalue weighted by atomic mass is 10.00. The molecule has 1 amide bonds. The van der Waals surface area contributed by atoms with Gasteiger partial charge in [0.05, 0.1) is 18.7 Å². The van der Waals surface area contributed by atoms with Gasteiger partial charge in [0.15, 0.2) is 18.1 Å². The van der Waals surface area contributed by atoms with Crippen LogP contribution in [0.4, 0.5) is 8.78 Å². The van der Waals surface area contributed by atoms with E-state index >= 15 is 0 Å². The van der Waals surface area contributed by atoms with Gasteiger partial charge in [-0.25, -0.2) is 4.79 Å². The number of carbonyl (C=O) groups excluding carboxylic acids is 2. The highest BCUT2D eigenvalue weighted by molar-refractivity contribution is 5.92. The molecular weight excluding hydrogens is 408 g/mol. The number of amides is 1. The number of hydrogen-bond acceptors (Lipinski definition) is 5. The van der Waals surface area contributed by atoms with Crippen LogP contribution in [0.3, 0.4) is 0 Å². The smallest absolute Gasteiger partial charge is 0.387 e. The molecule has 0 radical (unpaired) electrons. The number of hydrogen-bond donors (Lipinski definition) is 1. The first kappa shape index (κ1) is 22.0. The number of nitrogens with one attached hydrogen (secondary N) is 1. The number of halogens is 2. The van der Waals surface area contributed by atoms with E-state index in [9.17, 15) is 18.4 Å². The summed E-state index contributed by atoms with van der Waals surface area (Å²) in [7, 11) is 1.25. The standard InChI is InChI=1S/C23H21F2NO5/c1-14(17-9-5-7-15-6-3-4-8-18(15)17)26-21(27)13-30-22(28)16-10-11-19(31-23(24)25)20(12-16)29-2/h3-12,14,23H,13H2,1-2H3,(H,26,27)/t14-/m0/s1. The summed E-state index contributed by atoms with van der Waals surface area (Å²) in [5.74, 6) is -1.53. The number of benzene rings is 3. The van der Waals surface area contributed by atoms with Crippen LogP contribution in [0.1, 0.15) is 28.9 Å². The molecule has 0 unspecified atom stereocenters. The third-order valence-corrected chi connectivity index (χ3v) is 4.62. The zero-order valence-electron chi connectivity index (χ0n) is 16.9. The van der Waals surface area contributed by atoms with Gasteiger partial charge in [-0.3, -0.25) is 4.79 Å². The third kappa shape index (κ3) is 5.48. The summed E-state index contributed by atoms with van der Waals surface area (Å²) in [6.45, 7) is -1.68. The van der Waals surface area contributed by atoms with Gasteiger partial charge in [0, 0.05) is 0 Å². The van der Waals surface area contributed by atoms with Gasteiger partial charge in [-0.15, -0.1) is 0 Å². The minimum atomic E-state index is -3.03. The molecule has 0 saturated carbocycles. The van der Waals surface area contributed by atoms with E-state index in [1.54, 1.807) is 0 Å². The molecule has 0 aliphatic carbocycles. The predicted octanol–water partition coefficient (Wildman–Crippen LogP) is 4.48. The van der Waals surface area contributed by atoms with E-state index in [-0.39, 0.29) is 23.1 Å². The Morgan fingerprint density at radius 2 is 1.74 bits per heavy atom. The number of methoxy groups -OCH3 is 1. The molecule has 0 bridgehead atoms. The van der Waals surface area contributed by atoms with Gasteiger partial charge >= 0.3 is 12.6 Å². The van der Waals surface area contributed by atoms with Crippen molar-refractivity contribution in [3.05, 3.63) is 71.8 Å². The zero-order chi connectivity index (χ0) is 22.4. The zero-order valence-corrected chi connectivity index (χ0v) is 16.9. The summed E-state index contributed by atoms with van der Waals surface area (Å²) in [6.07, 6.45) is 0. The fraction of sp³-hybridized carbons (Fsp3) is 0.217. The van der Waals surface area contributed by atoms with Crippen LogP contribution in [0.15, 0.2) is 60.7 Å². The van der Waals surface area contributed by atoms with Crippen molar-refractivity contribution in [2.24, 2.45) is 0 Å². The Labute approximate surface area is 177 Å². The average molecular weight is 429 g/mol. The van der Waals surface area contributed by atoms with Crippen LogP contribution < -0.4 is 14.8 Å². The largest absolute Gasteiger partial charge is 0.493 e. The molecular formula is C23H21F2NO5. The van der Waals surface area contributed by atoms with Crippen molar-refractivity contribution in [3.8, 4) is 11.5 Å². The summed E-state index contributed by atoms with van der Waals surface area (Å²) in [5.41, 5.74) is 0.977. The van der Waals surface area contributed by atoms with Gasteiger partial charge < -0.3 is 19.5 Å². The molecule has 0 fully saturated rings. The van der Waals surface area contributed by atoms with Crippen LogP contribution in [-0.2, 0) is 9.53 Å².